The van der Waals surface area contributed by atoms with Crippen LogP contribution in [0.2, 0.25) is 0 Å². The summed E-state index contributed by atoms with van der Waals surface area (Å²) >= 11 is 2.84. The lowest BCUT2D eigenvalue weighted by molar-refractivity contribution is 0.0976. The molecule has 3 rings (SSSR count). The molecule has 17 heteroatoms. The number of nitrogens with zero attached hydrogens (tertiary/aromatic N) is 3. The Labute approximate surface area is 247 Å². The summed E-state index contributed by atoms with van der Waals surface area (Å²) in [5.41, 5.74) is 7.07. The Morgan fingerprint density at radius 3 is 2.44 bits per heavy atom. The number of sulfonamides is 2. The fourth-order valence-corrected chi connectivity index (χ4v) is 6.96. The van der Waals surface area contributed by atoms with Crippen LogP contribution >= 0.6 is 23.1 Å². The largest absolute Gasteiger partial charge is 0.369 e. The third kappa shape index (κ3) is 9.82. The molecule has 1 heterocycles. The van der Waals surface area contributed by atoms with E-state index in [4.69, 9.17) is 5.73 Å². The van der Waals surface area contributed by atoms with E-state index in [-0.39, 0.29) is 34.2 Å². The van der Waals surface area contributed by atoms with Crippen molar-refractivity contribution in [2.75, 3.05) is 25.9 Å². The van der Waals surface area contributed by atoms with Gasteiger partial charge in [-0.25, -0.2) is 31.3 Å². The maximum absolute atomic E-state index is 12.8. The number of rotatable bonds is 12. The Kier molecular flexibility index (Phi) is 11.7. The van der Waals surface area contributed by atoms with Crippen LogP contribution in [-0.2, 0) is 25.8 Å². The molecule has 0 unspecified atom stereocenters. The highest BCUT2D eigenvalue weighted by Crippen LogP contribution is 2.22. The molecule has 13 nitrogen and oxygen atoms in total. The van der Waals surface area contributed by atoms with Crippen molar-refractivity contribution in [2.24, 2.45) is 15.7 Å². The van der Waals surface area contributed by atoms with Gasteiger partial charge in [-0.05, 0) is 30.3 Å². The topological polar surface area (TPSA) is 197 Å². The first-order chi connectivity index (χ1) is 19.5. The number of hydrogen-bond donors (Lipinski definition) is 5. The van der Waals surface area contributed by atoms with Crippen molar-refractivity contribution in [3.63, 3.8) is 0 Å². The van der Waals surface area contributed by atoms with Gasteiger partial charge in [0.05, 0.1) is 15.5 Å². The van der Waals surface area contributed by atoms with Gasteiger partial charge in [-0.2, -0.15) is 16.8 Å². The summed E-state index contributed by atoms with van der Waals surface area (Å²) < 4.78 is 54.8. The SMILES string of the molecule is CCNS(=O)(=O)c1cccc(S(=O)(=O)NC(=NC)NCCSCc2csc(/N=C(\N)NC(=O)c3ccccc3)n2)c1. The standard InChI is InChI=1S/C24H30N8O5S4/c1-3-28-40(34,35)19-10-7-11-20(14-19)41(36,37)32-23(26-2)27-12-13-38-15-18-16-39-24(29-18)31-22(25)30-21(33)17-8-5-4-6-9-17/h4-11,14,16,28H,3,12-13,15H2,1-2H3,(H2,26,27,32)(H3,25,29,30,31,33). The van der Waals surface area contributed by atoms with Gasteiger partial charge in [-0.1, -0.05) is 31.2 Å². The van der Waals surface area contributed by atoms with Crippen molar-refractivity contribution >= 4 is 66.1 Å². The fraction of sp³-hybridized carbons (Fsp3) is 0.250. The van der Waals surface area contributed by atoms with Crippen LogP contribution in [-0.4, -0.2) is 65.5 Å². The second-order valence-corrected chi connectivity index (χ2v) is 13.5. The van der Waals surface area contributed by atoms with Crippen LogP contribution in [0, 0.1) is 0 Å². The van der Waals surface area contributed by atoms with E-state index >= 15 is 0 Å². The highest BCUT2D eigenvalue weighted by atomic mass is 32.2. The molecule has 220 valence electrons. The lowest BCUT2D eigenvalue weighted by Crippen LogP contribution is -2.41. The van der Waals surface area contributed by atoms with Crippen molar-refractivity contribution in [3.05, 3.63) is 71.2 Å². The van der Waals surface area contributed by atoms with Crippen molar-refractivity contribution in [3.8, 4) is 0 Å². The van der Waals surface area contributed by atoms with Crippen LogP contribution in [0.1, 0.15) is 23.0 Å². The molecule has 0 spiro atoms. The van der Waals surface area contributed by atoms with E-state index in [1.807, 2.05) is 11.4 Å². The van der Waals surface area contributed by atoms with Gasteiger partial charge in [-0.3, -0.25) is 15.1 Å². The average molecular weight is 639 g/mol. The van der Waals surface area contributed by atoms with Crippen LogP contribution in [0.3, 0.4) is 0 Å². The molecular weight excluding hydrogens is 609 g/mol. The third-order valence-corrected chi connectivity index (χ3v) is 9.69. The van der Waals surface area contributed by atoms with E-state index in [0.717, 1.165) is 11.8 Å². The molecule has 0 aliphatic rings. The van der Waals surface area contributed by atoms with Gasteiger partial charge < -0.3 is 11.1 Å². The number of carbonyl (C=O) groups excluding carboxylic acids is 1. The molecule has 0 bridgehead atoms. The Hall–Kier alpha value is -3.51. The number of hydrogen-bond acceptors (Lipinski definition) is 10. The lowest BCUT2D eigenvalue weighted by atomic mass is 10.2. The van der Waals surface area contributed by atoms with Gasteiger partial charge in [0, 0.05) is 42.6 Å². The molecule has 41 heavy (non-hydrogen) atoms. The van der Waals surface area contributed by atoms with Crippen molar-refractivity contribution in [2.45, 2.75) is 22.5 Å². The predicted molar refractivity (Wildman–Crippen MR) is 162 cm³/mol. The second-order valence-electron chi connectivity index (χ2n) is 8.07. The first-order valence-corrected chi connectivity index (χ1v) is 17.1. The number of amides is 1. The van der Waals surface area contributed by atoms with E-state index in [1.54, 1.807) is 43.0 Å². The number of aliphatic imine (C=N–C) groups is 2. The highest BCUT2D eigenvalue weighted by molar-refractivity contribution is 7.98. The van der Waals surface area contributed by atoms with Crippen molar-refractivity contribution in [1.82, 2.24) is 25.1 Å². The number of thioether (sulfide) groups is 1. The summed E-state index contributed by atoms with van der Waals surface area (Å²) in [6.07, 6.45) is 0. The first-order valence-electron chi connectivity index (χ1n) is 12.1. The van der Waals surface area contributed by atoms with Crippen LogP contribution in [0.5, 0.6) is 0 Å². The minimum atomic E-state index is -4.09. The van der Waals surface area contributed by atoms with E-state index in [0.29, 0.717) is 28.7 Å². The number of aromatic nitrogens is 1. The Bertz CT molecular complexity index is 1610. The number of nitrogens with two attached hydrogens (primary N) is 1. The van der Waals surface area contributed by atoms with Gasteiger partial charge in [0.2, 0.25) is 27.1 Å². The van der Waals surface area contributed by atoms with E-state index in [2.05, 4.69) is 35.0 Å². The van der Waals surface area contributed by atoms with Gasteiger partial charge in [0.25, 0.3) is 15.9 Å². The van der Waals surface area contributed by atoms with Crippen molar-refractivity contribution in [1.29, 1.82) is 0 Å². The molecular formula is C24H30N8O5S4. The molecule has 1 aromatic heterocycles. The van der Waals surface area contributed by atoms with Gasteiger partial charge >= 0.3 is 0 Å². The molecule has 0 aliphatic carbocycles. The average Bonchev–Trinajstić information content (AvgIpc) is 3.39. The quantitative estimate of drug-likeness (QED) is 0.111. The molecule has 0 radical (unpaired) electrons. The third-order valence-electron chi connectivity index (χ3n) is 5.04. The smallest absolute Gasteiger partial charge is 0.264 e. The van der Waals surface area contributed by atoms with Crippen LogP contribution in [0.25, 0.3) is 0 Å². The molecule has 0 atom stereocenters. The molecule has 6 N–H and O–H groups in total. The van der Waals surface area contributed by atoms with Gasteiger partial charge in [0.1, 0.15) is 0 Å². The minimum absolute atomic E-state index is 0.0175. The number of carbonyl (C=O) groups is 1. The van der Waals surface area contributed by atoms with Gasteiger partial charge in [0.15, 0.2) is 0 Å². The molecule has 0 aliphatic heterocycles. The van der Waals surface area contributed by atoms with Crippen LogP contribution < -0.4 is 25.8 Å². The molecule has 0 saturated heterocycles. The summed E-state index contributed by atoms with van der Waals surface area (Å²) in [7, 11) is -6.48. The molecule has 0 saturated carbocycles. The highest BCUT2D eigenvalue weighted by Gasteiger charge is 2.20. The fourth-order valence-electron chi connectivity index (χ4n) is 3.17. The summed E-state index contributed by atoms with van der Waals surface area (Å²) in [5.74, 6) is 0.763. The Morgan fingerprint density at radius 1 is 1.05 bits per heavy atom. The molecule has 0 fully saturated rings. The number of nitrogens with one attached hydrogen (secondary N) is 4. The normalized spacial score (nSPS) is 12.6. The monoisotopic (exact) mass is 638 g/mol. The minimum Gasteiger partial charge on any atom is -0.369 e. The second kappa shape index (κ2) is 14.9. The maximum atomic E-state index is 12.8. The lowest BCUT2D eigenvalue weighted by Gasteiger charge is -2.13. The van der Waals surface area contributed by atoms with E-state index in [9.17, 15) is 21.6 Å². The van der Waals surface area contributed by atoms with Gasteiger partial charge in [-0.15, -0.1) is 11.3 Å². The Balaban J connectivity index is 1.46. The zero-order valence-electron chi connectivity index (χ0n) is 22.2. The molecule has 3 aromatic rings. The Morgan fingerprint density at radius 2 is 1.76 bits per heavy atom. The molecule has 2 aromatic carbocycles. The maximum Gasteiger partial charge on any atom is 0.264 e. The van der Waals surface area contributed by atoms with Crippen molar-refractivity contribution < 1.29 is 21.6 Å². The first kappa shape index (κ1) is 32.0. The zero-order valence-corrected chi connectivity index (χ0v) is 25.5. The number of thiazole rings is 1. The summed E-state index contributed by atoms with van der Waals surface area (Å²) in [6, 6.07) is 13.7. The zero-order chi connectivity index (χ0) is 29.9. The summed E-state index contributed by atoms with van der Waals surface area (Å²) in [6.45, 7) is 2.19. The summed E-state index contributed by atoms with van der Waals surface area (Å²) in [4.78, 5) is 24.3. The summed E-state index contributed by atoms with van der Waals surface area (Å²) in [5, 5.41) is 7.69. The van der Waals surface area contributed by atoms with Crippen LogP contribution in [0.4, 0.5) is 5.13 Å². The van der Waals surface area contributed by atoms with E-state index < -0.39 is 20.0 Å². The molecule has 1 amide bonds. The van der Waals surface area contributed by atoms with Crippen LogP contribution in [0.15, 0.2) is 79.8 Å². The van der Waals surface area contributed by atoms with E-state index in [1.165, 1.54) is 36.6 Å². The number of guanidine groups is 2. The number of benzene rings is 2. The predicted octanol–water partition coefficient (Wildman–Crippen LogP) is 1.60.